The second kappa shape index (κ2) is 3.96. The molecule has 4 aliphatic rings. The molecule has 4 rings (SSSR count). The van der Waals surface area contributed by atoms with Gasteiger partial charge in [-0.05, 0) is 56.8 Å². The summed E-state index contributed by atoms with van der Waals surface area (Å²) in [4.78, 5) is 0. The minimum Gasteiger partial charge on any atom is -0.357 e. The molecule has 0 aromatic carbocycles. The summed E-state index contributed by atoms with van der Waals surface area (Å²) in [6.45, 7) is 3.50. The van der Waals surface area contributed by atoms with Crippen molar-refractivity contribution >= 4 is 0 Å². The van der Waals surface area contributed by atoms with E-state index in [1.165, 1.54) is 57.9 Å². The highest BCUT2D eigenvalue weighted by Gasteiger charge is 2.60. The molecule has 98 valence electrons. The molecule has 0 aromatic rings. The van der Waals surface area contributed by atoms with Gasteiger partial charge in [0, 0.05) is 10.8 Å². The molecule has 17 heavy (non-hydrogen) atoms. The highest BCUT2D eigenvalue weighted by molar-refractivity contribution is 5.09. The molecule has 0 aliphatic heterocycles. The monoisotopic (exact) mass is 238 g/mol. The second-order valence-corrected chi connectivity index (χ2v) is 7.56. The fourth-order valence-corrected chi connectivity index (χ4v) is 5.95. The van der Waals surface area contributed by atoms with Gasteiger partial charge in [0.15, 0.2) is 0 Å². The van der Waals surface area contributed by atoms with Crippen LogP contribution in [0.1, 0.15) is 58.3 Å². The molecule has 2 nitrogen and oxygen atoms in total. The maximum atomic E-state index is 4.56. The third-order valence-corrected chi connectivity index (χ3v) is 6.26. The van der Waals surface area contributed by atoms with Crippen LogP contribution < -0.4 is 11.5 Å². The van der Waals surface area contributed by atoms with Crippen LogP contribution >= 0.6 is 0 Å². The normalized spacial score (nSPS) is 49.6. The van der Waals surface area contributed by atoms with E-state index < -0.39 is 0 Å². The zero-order chi connectivity index (χ0) is 12.1. The largest absolute Gasteiger partial charge is 0.357 e. The van der Waals surface area contributed by atoms with Crippen molar-refractivity contribution in [1.29, 1.82) is 0 Å². The lowest BCUT2D eigenvalue weighted by atomic mass is 9.42. The van der Waals surface area contributed by atoms with Gasteiger partial charge in [-0.25, -0.2) is 0 Å². The van der Waals surface area contributed by atoms with Crippen LogP contribution in [0.3, 0.4) is 0 Å². The first kappa shape index (κ1) is 12.0. The van der Waals surface area contributed by atoms with Gasteiger partial charge in [-0.1, -0.05) is 13.3 Å². The maximum absolute atomic E-state index is 4.56. The summed E-state index contributed by atoms with van der Waals surface area (Å²) in [6.07, 6.45) is 11.6. The Labute approximate surface area is 106 Å². The Morgan fingerprint density at radius 2 is 1.82 bits per heavy atom. The van der Waals surface area contributed by atoms with Crippen LogP contribution in [-0.4, -0.2) is 12.6 Å². The Morgan fingerprint density at radius 1 is 1.18 bits per heavy atom. The molecule has 3 atom stereocenters. The van der Waals surface area contributed by atoms with Gasteiger partial charge in [0.2, 0.25) is 0 Å². The molecule has 4 saturated carbocycles. The molecule has 2 heteroatoms. The van der Waals surface area contributed by atoms with Crippen molar-refractivity contribution in [3.63, 3.8) is 0 Å². The fourth-order valence-electron chi connectivity index (χ4n) is 5.95. The molecule has 0 saturated heterocycles. The first-order chi connectivity index (χ1) is 8.11. The minimum absolute atomic E-state index is 0.623. The SMILES string of the molecule is CCC[C@@H]([NH3+])C12C[C@@H]3C[C@H](CC(C[NH3+])(C3)C1)C2. The standard InChI is InChI=1S/C15H28N2/c1-2-3-13(17)15-7-11-4-12(8-15)6-14(5-11,9-15)10-16/h11-13H,2-10,16-17H2,1H3/p+2/t11-,12-,13-,14?,15?/m1/s1. The molecule has 0 heterocycles. The second-order valence-electron chi connectivity index (χ2n) is 7.56. The van der Waals surface area contributed by atoms with E-state index in [1.807, 2.05) is 0 Å². The predicted molar refractivity (Wildman–Crippen MR) is 68.9 cm³/mol. The van der Waals surface area contributed by atoms with Crippen molar-refractivity contribution in [3.8, 4) is 0 Å². The summed E-state index contributed by atoms with van der Waals surface area (Å²) in [5.41, 5.74) is 10.1. The van der Waals surface area contributed by atoms with E-state index >= 15 is 0 Å². The Bertz CT molecular complexity index is 285. The number of rotatable bonds is 4. The minimum atomic E-state index is 0.623. The quantitative estimate of drug-likeness (QED) is 0.740. The van der Waals surface area contributed by atoms with Crippen molar-refractivity contribution < 1.29 is 11.5 Å². The van der Waals surface area contributed by atoms with Gasteiger partial charge >= 0.3 is 0 Å². The molecular weight excluding hydrogens is 208 g/mol. The van der Waals surface area contributed by atoms with E-state index in [1.54, 1.807) is 0 Å². The summed E-state index contributed by atoms with van der Waals surface area (Å²) in [6, 6.07) is 0.712. The molecule has 0 spiro atoms. The molecule has 4 aliphatic carbocycles. The average molecular weight is 238 g/mol. The molecule has 0 radical (unpaired) electrons. The highest BCUT2D eigenvalue weighted by atomic mass is 14.8. The van der Waals surface area contributed by atoms with Crippen LogP contribution in [0.2, 0.25) is 0 Å². The molecule has 0 aromatic heterocycles. The Morgan fingerprint density at radius 3 is 2.35 bits per heavy atom. The predicted octanol–water partition coefficient (Wildman–Crippen LogP) is 1.23. The van der Waals surface area contributed by atoms with E-state index in [2.05, 4.69) is 18.4 Å². The lowest BCUT2D eigenvalue weighted by Gasteiger charge is -2.62. The Hall–Kier alpha value is -0.0800. The van der Waals surface area contributed by atoms with Crippen molar-refractivity contribution in [3.05, 3.63) is 0 Å². The maximum Gasteiger partial charge on any atom is 0.0900 e. The van der Waals surface area contributed by atoms with Gasteiger partial charge < -0.3 is 11.5 Å². The third-order valence-electron chi connectivity index (χ3n) is 6.26. The van der Waals surface area contributed by atoms with E-state index in [4.69, 9.17) is 0 Å². The number of hydrogen-bond acceptors (Lipinski definition) is 0. The van der Waals surface area contributed by atoms with Crippen LogP contribution in [0.5, 0.6) is 0 Å². The summed E-state index contributed by atoms with van der Waals surface area (Å²) >= 11 is 0. The van der Waals surface area contributed by atoms with E-state index in [0.717, 1.165) is 11.8 Å². The molecule has 0 amide bonds. The smallest absolute Gasteiger partial charge is 0.0900 e. The number of quaternary nitrogens is 2. The molecule has 4 fully saturated rings. The Kier molecular flexibility index (Phi) is 2.79. The van der Waals surface area contributed by atoms with Gasteiger partial charge in [0.05, 0.1) is 12.6 Å². The first-order valence-corrected chi connectivity index (χ1v) is 7.74. The molecule has 6 N–H and O–H groups in total. The molecule has 4 bridgehead atoms. The van der Waals surface area contributed by atoms with E-state index in [0.29, 0.717) is 16.9 Å². The zero-order valence-corrected chi connectivity index (χ0v) is 11.5. The van der Waals surface area contributed by atoms with Crippen LogP contribution in [0.15, 0.2) is 0 Å². The average Bonchev–Trinajstić information content (AvgIpc) is 2.27. The van der Waals surface area contributed by atoms with Gasteiger partial charge in [-0.3, -0.25) is 0 Å². The van der Waals surface area contributed by atoms with Crippen molar-refractivity contribution in [2.45, 2.75) is 64.3 Å². The zero-order valence-electron chi connectivity index (χ0n) is 11.5. The van der Waals surface area contributed by atoms with Gasteiger partial charge in [0.1, 0.15) is 0 Å². The molecular formula is C15H30N2+2. The van der Waals surface area contributed by atoms with Crippen LogP contribution in [0.4, 0.5) is 0 Å². The summed E-state index contributed by atoms with van der Waals surface area (Å²) in [5, 5.41) is 0. The van der Waals surface area contributed by atoms with Gasteiger partial charge in [-0.2, -0.15) is 0 Å². The lowest BCUT2D eigenvalue weighted by Crippen LogP contribution is -2.74. The van der Waals surface area contributed by atoms with Gasteiger partial charge in [0.25, 0.3) is 0 Å². The third kappa shape index (κ3) is 1.76. The van der Waals surface area contributed by atoms with Crippen LogP contribution in [-0.2, 0) is 0 Å². The van der Waals surface area contributed by atoms with E-state index in [-0.39, 0.29) is 0 Å². The van der Waals surface area contributed by atoms with Crippen molar-refractivity contribution in [1.82, 2.24) is 0 Å². The number of hydrogen-bond donors (Lipinski definition) is 2. The highest BCUT2D eigenvalue weighted by Crippen LogP contribution is 2.65. The van der Waals surface area contributed by atoms with Crippen molar-refractivity contribution in [2.75, 3.05) is 6.54 Å². The molecule has 0 unspecified atom stereocenters. The first-order valence-electron chi connectivity index (χ1n) is 7.74. The van der Waals surface area contributed by atoms with Crippen LogP contribution in [0, 0.1) is 22.7 Å². The topological polar surface area (TPSA) is 55.3 Å². The lowest BCUT2D eigenvalue weighted by molar-refractivity contribution is -0.468. The summed E-state index contributed by atoms with van der Waals surface area (Å²) in [5.74, 6) is 2.05. The van der Waals surface area contributed by atoms with E-state index in [9.17, 15) is 0 Å². The fraction of sp³-hybridized carbons (Fsp3) is 1.00. The van der Waals surface area contributed by atoms with Crippen LogP contribution in [0.25, 0.3) is 0 Å². The van der Waals surface area contributed by atoms with Gasteiger partial charge in [-0.15, -0.1) is 0 Å². The Balaban J connectivity index is 1.87. The van der Waals surface area contributed by atoms with Crippen molar-refractivity contribution in [2.24, 2.45) is 22.7 Å². The summed E-state index contributed by atoms with van der Waals surface area (Å²) in [7, 11) is 0. The summed E-state index contributed by atoms with van der Waals surface area (Å²) < 4.78 is 0.